The lowest BCUT2D eigenvalue weighted by Crippen LogP contribution is -2.03. The Hall–Kier alpha value is -2.49. The first-order valence-corrected chi connectivity index (χ1v) is 5.44. The molecule has 3 rings (SSSR count). The molecule has 0 atom stereocenters. The summed E-state index contributed by atoms with van der Waals surface area (Å²) < 4.78 is 10.7. The van der Waals surface area contributed by atoms with Gasteiger partial charge in [-0.2, -0.15) is 0 Å². The summed E-state index contributed by atoms with van der Waals surface area (Å²) in [4.78, 5) is 12.4. The Morgan fingerprint density at radius 2 is 1.94 bits per heavy atom. The first kappa shape index (κ1) is 10.7. The van der Waals surface area contributed by atoms with Gasteiger partial charge in [-0.1, -0.05) is 12.1 Å². The summed E-state index contributed by atoms with van der Waals surface area (Å²) in [6.45, 7) is 0. The number of phenolic OH excluding ortho intramolecular Hbond substituents is 1. The number of hydrogen-bond donors (Lipinski definition) is 1. The largest absolute Gasteiger partial charge is 0.504 e. The van der Waals surface area contributed by atoms with E-state index in [0.29, 0.717) is 16.7 Å². The molecule has 18 heavy (non-hydrogen) atoms. The van der Waals surface area contributed by atoms with Gasteiger partial charge in [0.1, 0.15) is 16.7 Å². The van der Waals surface area contributed by atoms with Crippen molar-refractivity contribution in [3.63, 3.8) is 0 Å². The van der Waals surface area contributed by atoms with E-state index in [2.05, 4.69) is 0 Å². The minimum Gasteiger partial charge on any atom is -0.504 e. The van der Waals surface area contributed by atoms with Crippen molar-refractivity contribution in [2.75, 3.05) is 7.11 Å². The topological polar surface area (TPSA) is 59.7 Å². The van der Waals surface area contributed by atoms with Gasteiger partial charge in [-0.05, 0) is 24.3 Å². The Bertz CT molecular complexity index is 802. The van der Waals surface area contributed by atoms with Gasteiger partial charge in [0, 0.05) is 0 Å². The van der Waals surface area contributed by atoms with Gasteiger partial charge in [0.15, 0.2) is 11.3 Å². The number of fused-ring (bicyclic) bond motifs is 2. The standard InChI is InChI=1S/C14H10O4/c1-17-11-7-6-9(15)14-12(11)13(16)8-4-2-3-5-10(8)18-14/h2-7,15H,1H3. The van der Waals surface area contributed by atoms with E-state index in [1.54, 1.807) is 30.3 Å². The average Bonchev–Trinajstić information content (AvgIpc) is 2.40. The molecule has 0 radical (unpaired) electrons. The molecule has 0 saturated carbocycles. The molecule has 0 spiro atoms. The van der Waals surface area contributed by atoms with Crippen molar-refractivity contribution in [2.45, 2.75) is 0 Å². The van der Waals surface area contributed by atoms with E-state index in [4.69, 9.17) is 9.15 Å². The zero-order chi connectivity index (χ0) is 12.7. The number of para-hydroxylation sites is 1. The second kappa shape index (κ2) is 3.77. The molecule has 90 valence electrons. The predicted molar refractivity (Wildman–Crippen MR) is 68.2 cm³/mol. The lowest BCUT2D eigenvalue weighted by molar-refractivity contribution is 0.416. The fraction of sp³-hybridized carbons (Fsp3) is 0.0714. The minimum absolute atomic E-state index is 0.0753. The summed E-state index contributed by atoms with van der Waals surface area (Å²) in [5, 5.41) is 10.5. The molecule has 4 heteroatoms. The monoisotopic (exact) mass is 242 g/mol. The van der Waals surface area contributed by atoms with Gasteiger partial charge in [-0.25, -0.2) is 0 Å². The van der Waals surface area contributed by atoms with Gasteiger partial charge >= 0.3 is 0 Å². The maximum absolute atomic E-state index is 12.4. The lowest BCUT2D eigenvalue weighted by Gasteiger charge is -2.07. The van der Waals surface area contributed by atoms with Crippen LogP contribution in [-0.4, -0.2) is 12.2 Å². The Kier molecular flexibility index (Phi) is 2.23. The first-order valence-electron chi connectivity index (χ1n) is 5.44. The van der Waals surface area contributed by atoms with Gasteiger partial charge in [0.05, 0.1) is 12.5 Å². The molecular weight excluding hydrogens is 232 g/mol. The molecule has 0 aliphatic rings. The van der Waals surface area contributed by atoms with Gasteiger partial charge in [-0.3, -0.25) is 4.79 Å². The van der Waals surface area contributed by atoms with Crippen LogP contribution >= 0.6 is 0 Å². The van der Waals surface area contributed by atoms with Crippen molar-refractivity contribution in [2.24, 2.45) is 0 Å². The first-order chi connectivity index (χ1) is 8.72. The van der Waals surface area contributed by atoms with Crippen molar-refractivity contribution in [1.82, 2.24) is 0 Å². The number of phenols is 1. The van der Waals surface area contributed by atoms with Gasteiger partial charge < -0.3 is 14.3 Å². The number of hydrogen-bond acceptors (Lipinski definition) is 4. The third-order valence-corrected chi connectivity index (χ3v) is 2.89. The van der Waals surface area contributed by atoms with Crippen molar-refractivity contribution in [3.8, 4) is 11.5 Å². The van der Waals surface area contributed by atoms with E-state index in [1.807, 2.05) is 0 Å². The normalized spacial score (nSPS) is 10.9. The molecule has 3 aromatic rings. The SMILES string of the molecule is COc1ccc(O)c2oc3ccccc3c(=O)c12. The number of aromatic hydroxyl groups is 1. The van der Waals surface area contributed by atoms with Crippen LogP contribution in [0.4, 0.5) is 0 Å². The maximum atomic E-state index is 12.4. The smallest absolute Gasteiger partial charge is 0.204 e. The molecule has 0 bridgehead atoms. The van der Waals surface area contributed by atoms with Crippen molar-refractivity contribution in [1.29, 1.82) is 0 Å². The average molecular weight is 242 g/mol. The van der Waals surface area contributed by atoms with Crippen molar-refractivity contribution >= 4 is 21.9 Å². The van der Waals surface area contributed by atoms with Crippen LogP contribution in [0.1, 0.15) is 0 Å². The Balaban J connectivity index is 2.64. The van der Waals surface area contributed by atoms with E-state index < -0.39 is 0 Å². The van der Waals surface area contributed by atoms with E-state index >= 15 is 0 Å². The highest BCUT2D eigenvalue weighted by molar-refractivity contribution is 5.95. The maximum Gasteiger partial charge on any atom is 0.204 e. The number of ether oxygens (including phenoxy) is 1. The quantitative estimate of drug-likeness (QED) is 0.666. The third-order valence-electron chi connectivity index (χ3n) is 2.89. The molecule has 0 amide bonds. The highest BCUT2D eigenvalue weighted by Gasteiger charge is 2.14. The second-order valence-electron chi connectivity index (χ2n) is 3.92. The number of methoxy groups -OCH3 is 1. The number of rotatable bonds is 1. The van der Waals surface area contributed by atoms with E-state index in [1.165, 1.54) is 13.2 Å². The Morgan fingerprint density at radius 1 is 1.17 bits per heavy atom. The molecule has 0 saturated heterocycles. The van der Waals surface area contributed by atoms with Crippen LogP contribution in [0.3, 0.4) is 0 Å². The zero-order valence-electron chi connectivity index (χ0n) is 9.64. The summed E-state index contributed by atoms with van der Waals surface area (Å²) in [7, 11) is 1.47. The molecule has 0 fully saturated rings. The molecule has 1 N–H and O–H groups in total. The van der Waals surface area contributed by atoms with E-state index in [-0.39, 0.29) is 22.1 Å². The summed E-state index contributed by atoms with van der Waals surface area (Å²) >= 11 is 0. The molecule has 4 nitrogen and oxygen atoms in total. The summed E-state index contributed by atoms with van der Waals surface area (Å²) in [6, 6.07) is 9.90. The van der Waals surface area contributed by atoms with E-state index in [0.717, 1.165) is 0 Å². The Labute approximate surface area is 102 Å². The second-order valence-corrected chi connectivity index (χ2v) is 3.92. The molecule has 0 aliphatic carbocycles. The highest BCUT2D eigenvalue weighted by Crippen LogP contribution is 2.32. The molecule has 1 aromatic heterocycles. The number of benzene rings is 2. The van der Waals surface area contributed by atoms with Crippen LogP contribution in [0.2, 0.25) is 0 Å². The fourth-order valence-corrected chi connectivity index (χ4v) is 2.03. The van der Waals surface area contributed by atoms with Crippen LogP contribution < -0.4 is 10.2 Å². The minimum atomic E-state index is -0.209. The van der Waals surface area contributed by atoms with Crippen LogP contribution in [0.25, 0.3) is 21.9 Å². The molecule has 0 aliphatic heterocycles. The van der Waals surface area contributed by atoms with Crippen LogP contribution in [-0.2, 0) is 0 Å². The highest BCUT2D eigenvalue weighted by atomic mass is 16.5. The third kappa shape index (κ3) is 1.35. The van der Waals surface area contributed by atoms with Gasteiger partial charge in [0.2, 0.25) is 5.43 Å². The van der Waals surface area contributed by atoms with Gasteiger partial charge in [0.25, 0.3) is 0 Å². The van der Waals surface area contributed by atoms with Gasteiger partial charge in [-0.15, -0.1) is 0 Å². The summed E-state index contributed by atoms with van der Waals surface area (Å²) in [5.41, 5.74) is 0.385. The van der Waals surface area contributed by atoms with E-state index in [9.17, 15) is 9.90 Å². The van der Waals surface area contributed by atoms with Crippen molar-refractivity contribution in [3.05, 3.63) is 46.6 Å². The lowest BCUT2D eigenvalue weighted by atomic mass is 10.1. The van der Waals surface area contributed by atoms with Crippen LogP contribution in [0.15, 0.2) is 45.6 Å². The fourth-order valence-electron chi connectivity index (χ4n) is 2.03. The molecule has 0 unspecified atom stereocenters. The molecule has 2 aromatic carbocycles. The predicted octanol–water partition coefficient (Wildman–Crippen LogP) is 2.66. The van der Waals surface area contributed by atoms with Crippen LogP contribution in [0, 0.1) is 0 Å². The summed E-state index contributed by atoms with van der Waals surface area (Å²) in [5.74, 6) is 0.316. The van der Waals surface area contributed by atoms with Crippen LogP contribution in [0.5, 0.6) is 11.5 Å². The van der Waals surface area contributed by atoms with Crippen molar-refractivity contribution < 1.29 is 14.3 Å². The summed E-state index contributed by atoms with van der Waals surface area (Å²) in [6.07, 6.45) is 0. The molecule has 1 heterocycles. The molecular formula is C14H10O4. The Morgan fingerprint density at radius 3 is 2.72 bits per heavy atom. The zero-order valence-corrected chi connectivity index (χ0v) is 9.64.